The van der Waals surface area contributed by atoms with Crippen LogP contribution in [0.15, 0.2) is 29.2 Å². The zero-order chi connectivity index (χ0) is 17.3. The first-order chi connectivity index (χ1) is 10.7. The van der Waals surface area contributed by atoms with Crippen molar-refractivity contribution < 1.29 is 31.1 Å². The van der Waals surface area contributed by atoms with Crippen molar-refractivity contribution in [1.29, 1.82) is 0 Å². The van der Waals surface area contributed by atoms with Gasteiger partial charge in [-0.1, -0.05) is 0 Å². The van der Waals surface area contributed by atoms with Crippen LogP contribution in [0.5, 0.6) is 0 Å². The van der Waals surface area contributed by atoms with Gasteiger partial charge in [-0.15, -0.1) is 0 Å². The Balaban J connectivity index is 2.18. The van der Waals surface area contributed by atoms with Crippen LogP contribution in [-0.2, 0) is 19.4 Å². The number of ether oxygens (including phenoxy) is 1. The summed E-state index contributed by atoms with van der Waals surface area (Å²) < 4.78 is 64.9. The second-order valence-electron chi connectivity index (χ2n) is 5.25. The first kappa shape index (κ1) is 17.6. The molecule has 2 rings (SSSR count). The highest BCUT2D eigenvalue weighted by molar-refractivity contribution is 7.92. The van der Waals surface area contributed by atoms with E-state index in [-0.39, 0.29) is 11.9 Å². The highest BCUT2D eigenvalue weighted by atomic mass is 32.2. The highest BCUT2D eigenvalue weighted by Gasteiger charge is 2.46. The largest absolute Gasteiger partial charge is 0.501 e. The molecule has 0 amide bonds. The number of sulfone groups is 1. The van der Waals surface area contributed by atoms with Gasteiger partial charge in [-0.3, -0.25) is 4.79 Å². The number of hydrogen-bond donors (Lipinski definition) is 0. The fourth-order valence-corrected chi connectivity index (χ4v) is 3.30. The van der Waals surface area contributed by atoms with Gasteiger partial charge in [0.05, 0.1) is 17.9 Å². The molecule has 1 fully saturated rings. The summed E-state index contributed by atoms with van der Waals surface area (Å²) in [6.45, 7) is 1.02. The SMILES string of the molecule is COC(=O)[C@H]1CCCN(c2ccc(S(=O)(=O)C(F)(F)F)cc2)C1. The summed E-state index contributed by atoms with van der Waals surface area (Å²) in [7, 11) is -4.04. The number of carbonyl (C=O) groups is 1. The second-order valence-corrected chi connectivity index (χ2v) is 7.19. The van der Waals surface area contributed by atoms with Gasteiger partial charge in [0.25, 0.3) is 9.84 Å². The fourth-order valence-electron chi connectivity index (χ4n) is 2.54. The van der Waals surface area contributed by atoms with Crippen LogP contribution in [0.2, 0.25) is 0 Å². The first-order valence-corrected chi connectivity index (χ1v) is 8.39. The lowest BCUT2D eigenvalue weighted by atomic mass is 9.98. The molecule has 9 heteroatoms. The van der Waals surface area contributed by atoms with Gasteiger partial charge in [-0.05, 0) is 37.1 Å². The molecule has 0 aliphatic carbocycles. The molecule has 0 unspecified atom stereocenters. The summed E-state index contributed by atoms with van der Waals surface area (Å²) >= 11 is 0. The fraction of sp³-hybridized carbons (Fsp3) is 0.500. The zero-order valence-electron chi connectivity index (χ0n) is 12.3. The summed E-state index contributed by atoms with van der Waals surface area (Å²) in [5.41, 5.74) is -4.75. The van der Waals surface area contributed by atoms with Crippen molar-refractivity contribution in [2.24, 2.45) is 5.92 Å². The van der Waals surface area contributed by atoms with E-state index in [1.54, 1.807) is 0 Å². The predicted octanol–water partition coefficient (Wildman–Crippen LogP) is 2.37. The molecule has 1 aromatic rings. The minimum atomic E-state index is -5.34. The van der Waals surface area contributed by atoms with E-state index in [0.29, 0.717) is 25.2 Å². The Kier molecular flexibility index (Phi) is 4.88. The summed E-state index contributed by atoms with van der Waals surface area (Å²) in [5, 5.41) is 0. The Morgan fingerprint density at radius 3 is 2.39 bits per heavy atom. The highest BCUT2D eigenvalue weighted by Crippen LogP contribution is 2.32. The van der Waals surface area contributed by atoms with Crippen LogP contribution in [0.3, 0.4) is 0 Å². The van der Waals surface area contributed by atoms with Gasteiger partial charge in [0.2, 0.25) is 0 Å². The third kappa shape index (κ3) is 3.60. The van der Waals surface area contributed by atoms with E-state index in [1.807, 2.05) is 4.90 Å². The van der Waals surface area contributed by atoms with Gasteiger partial charge in [-0.25, -0.2) is 8.42 Å². The Bertz CT molecular complexity index is 670. The number of piperidine rings is 1. The van der Waals surface area contributed by atoms with Gasteiger partial charge in [0.1, 0.15) is 0 Å². The number of hydrogen-bond acceptors (Lipinski definition) is 5. The standard InChI is InChI=1S/C14H16F3NO4S/c1-22-13(19)10-3-2-8-18(9-10)11-4-6-12(7-5-11)23(20,21)14(15,16)17/h4-7,10H,2-3,8-9H2,1H3/t10-/m0/s1. The quantitative estimate of drug-likeness (QED) is 0.783. The maximum absolute atomic E-state index is 12.5. The van der Waals surface area contributed by atoms with Gasteiger partial charge >= 0.3 is 11.5 Å². The van der Waals surface area contributed by atoms with Gasteiger partial charge in [0, 0.05) is 18.8 Å². The van der Waals surface area contributed by atoms with E-state index in [1.165, 1.54) is 19.2 Å². The van der Waals surface area contributed by atoms with E-state index in [2.05, 4.69) is 0 Å². The van der Waals surface area contributed by atoms with Crippen molar-refractivity contribution in [2.45, 2.75) is 23.2 Å². The molecule has 0 aromatic heterocycles. The molecule has 0 radical (unpaired) electrons. The smallest absolute Gasteiger partial charge is 0.469 e. The maximum atomic E-state index is 12.5. The average molecular weight is 351 g/mol. The molecular weight excluding hydrogens is 335 g/mol. The normalized spacial score (nSPS) is 19.5. The van der Waals surface area contributed by atoms with Crippen LogP contribution in [-0.4, -0.2) is 40.1 Å². The minimum Gasteiger partial charge on any atom is -0.469 e. The molecule has 1 saturated heterocycles. The predicted molar refractivity (Wildman–Crippen MR) is 76.6 cm³/mol. The van der Waals surface area contributed by atoms with Crippen LogP contribution in [0, 0.1) is 5.92 Å². The van der Waals surface area contributed by atoms with E-state index in [9.17, 15) is 26.4 Å². The first-order valence-electron chi connectivity index (χ1n) is 6.91. The number of carbonyl (C=O) groups excluding carboxylic acids is 1. The molecule has 1 aliphatic rings. The Morgan fingerprint density at radius 1 is 1.26 bits per heavy atom. The van der Waals surface area contributed by atoms with Crippen LogP contribution >= 0.6 is 0 Å². The van der Waals surface area contributed by atoms with Crippen molar-refractivity contribution in [3.05, 3.63) is 24.3 Å². The Morgan fingerprint density at radius 2 is 1.87 bits per heavy atom. The van der Waals surface area contributed by atoms with E-state index in [0.717, 1.165) is 18.6 Å². The molecular formula is C14H16F3NO4S. The maximum Gasteiger partial charge on any atom is 0.501 e. The van der Waals surface area contributed by atoms with Gasteiger partial charge < -0.3 is 9.64 Å². The second kappa shape index (κ2) is 6.38. The topological polar surface area (TPSA) is 63.7 Å². The average Bonchev–Trinajstić information content (AvgIpc) is 2.53. The lowest BCUT2D eigenvalue weighted by Gasteiger charge is -2.33. The summed E-state index contributed by atoms with van der Waals surface area (Å²) in [4.78, 5) is 12.6. The Labute approximate surface area is 132 Å². The summed E-state index contributed by atoms with van der Waals surface area (Å²) in [6, 6.07) is 4.50. The molecule has 1 aliphatic heterocycles. The lowest BCUT2D eigenvalue weighted by Crippen LogP contribution is -2.39. The molecule has 23 heavy (non-hydrogen) atoms. The number of esters is 1. The number of anilines is 1. The van der Waals surface area contributed by atoms with E-state index in [4.69, 9.17) is 4.74 Å². The van der Waals surface area contributed by atoms with Gasteiger partial charge in [0.15, 0.2) is 0 Å². The van der Waals surface area contributed by atoms with Crippen LogP contribution in [0.25, 0.3) is 0 Å². The van der Waals surface area contributed by atoms with Crippen LogP contribution in [0.1, 0.15) is 12.8 Å². The number of halogens is 3. The Hall–Kier alpha value is -1.77. The third-order valence-electron chi connectivity index (χ3n) is 3.77. The molecule has 5 nitrogen and oxygen atoms in total. The van der Waals surface area contributed by atoms with Crippen molar-refractivity contribution in [3.63, 3.8) is 0 Å². The van der Waals surface area contributed by atoms with E-state index < -0.39 is 20.2 Å². The van der Waals surface area contributed by atoms with E-state index >= 15 is 0 Å². The molecule has 0 N–H and O–H groups in total. The monoisotopic (exact) mass is 351 g/mol. The molecule has 0 saturated carbocycles. The van der Waals surface area contributed by atoms with Crippen molar-refractivity contribution in [2.75, 3.05) is 25.1 Å². The minimum absolute atomic E-state index is 0.299. The number of nitrogens with zero attached hydrogens (tertiary/aromatic N) is 1. The number of methoxy groups -OCH3 is 1. The van der Waals surface area contributed by atoms with Gasteiger partial charge in [-0.2, -0.15) is 13.2 Å². The molecule has 1 heterocycles. The summed E-state index contributed by atoms with van der Waals surface area (Å²) in [6.07, 6.45) is 1.42. The molecule has 1 aromatic carbocycles. The van der Waals surface area contributed by atoms with Crippen molar-refractivity contribution >= 4 is 21.5 Å². The molecule has 0 bridgehead atoms. The van der Waals surface area contributed by atoms with Crippen LogP contribution in [0.4, 0.5) is 18.9 Å². The zero-order valence-corrected chi connectivity index (χ0v) is 13.2. The number of rotatable bonds is 3. The summed E-state index contributed by atoms with van der Waals surface area (Å²) in [5.74, 6) is -0.627. The number of benzene rings is 1. The molecule has 0 spiro atoms. The number of alkyl halides is 3. The van der Waals surface area contributed by atoms with Crippen LogP contribution < -0.4 is 4.90 Å². The van der Waals surface area contributed by atoms with Crippen molar-refractivity contribution in [1.82, 2.24) is 0 Å². The molecule has 128 valence electrons. The van der Waals surface area contributed by atoms with Crippen molar-refractivity contribution in [3.8, 4) is 0 Å². The molecule has 1 atom stereocenters. The lowest BCUT2D eigenvalue weighted by molar-refractivity contribution is -0.145. The third-order valence-corrected chi connectivity index (χ3v) is 5.27.